The normalized spacial score (nSPS) is 13.7. The molecule has 0 heterocycles. The number of benzene rings is 1. The van der Waals surface area contributed by atoms with Gasteiger partial charge in [-0.25, -0.2) is 13.1 Å². The van der Waals surface area contributed by atoms with Gasteiger partial charge in [-0.05, 0) is 37.6 Å². The van der Waals surface area contributed by atoms with E-state index >= 15 is 0 Å². The van der Waals surface area contributed by atoms with Gasteiger partial charge in [-0.3, -0.25) is 0 Å². The van der Waals surface area contributed by atoms with E-state index in [1.165, 1.54) is 12.1 Å². The van der Waals surface area contributed by atoms with Crippen LogP contribution in [0.3, 0.4) is 0 Å². The quantitative estimate of drug-likeness (QED) is 0.844. The zero-order valence-corrected chi connectivity index (χ0v) is 11.1. The molecule has 0 aliphatic carbocycles. The number of halogens is 2. The molecule has 3 nitrogen and oxygen atoms in total. The van der Waals surface area contributed by atoms with Gasteiger partial charge in [0.1, 0.15) is 0 Å². The van der Waals surface area contributed by atoms with E-state index in [1.807, 2.05) is 0 Å². The van der Waals surface area contributed by atoms with E-state index in [-0.39, 0.29) is 10.9 Å². The molecule has 6 heteroatoms. The minimum absolute atomic E-state index is 0.182. The van der Waals surface area contributed by atoms with Gasteiger partial charge in [0.15, 0.2) is 0 Å². The maximum Gasteiger partial charge on any atom is 0.240 e. The molecule has 0 saturated heterocycles. The summed E-state index contributed by atoms with van der Waals surface area (Å²) in [4.78, 5) is 0.207. The van der Waals surface area contributed by atoms with Gasteiger partial charge in [0.25, 0.3) is 0 Å². The van der Waals surface area contributed by atoms with Gasteiger partial charge in [-0.1, -0.05) is 11.6 Å². The van der Waals surface area contributed by atoms with Crippen molar-refractivity contribution in [1.29, 1.82) is 0 Å². The number of rotatable bonds is 5. The molecule has 1 N–H and O–H groups in total. The fourth-order valence-electron chi connectivity index (χ4n) is 1.17. The van der Waals surface area contributed by atoms with Crippen molar-refractivity contribution in [3.8, 4) is 0 Å². The first-order valence-electron chi connectivity index (χ1n) is 4.79. The molecule has 1 unspecified atom stereocenters. The van der Waals surface area contributed by atoms with Crippen LogP contribution in [-0.4, -0.2) is 20.3 Å². The standard InChI is InChI=1S/C10H13Cl2NO2S/c1-8(6-7-11)13-16(14,15)10-4-2-9(12)3-5-10/h2-5,8,13H,6-7H2,1H3. The molecule has 90 valence electrons. The summed E-state index contributed by atoms with van der Waals surface area (Å²) in [7, 11) is -3.47. The van der Waals surface area contributed by atoms with Gasteiger partial charge in [0.2, 0.25) is 10.0 Å². The van der Waals surface area contributed by atoms with Crippen LogP contribution in [0.4, 0.5) is 0 Å². The summed E-state index contributed by atoms with van der Waals surface area (Å²) in [6.07, 6.45) is 0.592. The van der Waals surface area contributed by atoms with E-state index in [2.05, 4.69) is 4.72 Å². The number of hydrogen-bond donors (Lipinski definition) is 1. The third-order valence-electron chi connectivity index (χ3n) is 2.02. The summed E-state index contributed by atoms with van der Waals surface area (Å²) < 4.78 is 26.2. The molecule has 0 radical (unpaired) electrons. The molecule has 1 aromatic carbocycles. The lowest BCUT2D eigenvalue weighted by atomic mass is 10.3. The molecule has 0 saturated carbocycles. The Morgan fingerprint density at radius 3 is 2.38 bits per heavy atom. The van der Waals surface area contributed by atoms with Crippen LogP contribution in [-0.2, 0) is 10.0 Å². The van der Waals surface area contributed by atoms with Crippen LogP contribution < -0.4 is 4.72 Å². The molecule has 0 aliphatic rings. The minimum atomic E-state index is -3.47. The second-order valence-electron chi connectivity index (χ2n) is 3.45. The Morgan fingerprint density at radius 1 is 1.31 bits per heavy atom. The minimum Gasteiger partial charge on any atom is -0.208 e. The lowest BCUT2D eigenvalue weighted by Crippen LogP contribution is -2.32. The van der Waals surface area contributed by atoms with Crippen LogP contribution in [0.2, 0.25) is 5.02 Å². The third-order valence-corrected chi connectivity index (χ3v) is 4.10. The highest BCUT2D eigenvalue weighted by atomic mass is 35.5. The molecule has 16 heavy (non-hydrogen) atoms. The van der Waals surface area contributed by atoms with Crippen LogP contribution in [0.25, 0.3) is 0 Å². The maximum atomic E-state index is 11.8. The number of hydrogen-bond acceptors (Lipinski definition) is 2. The smallest absolute Gasteiger partial charge is 0.208 e. The molecular formula is C10H13Cl2NO2S. The van der Waals surface area contributed by atoms with Gasteiger partial charge < -0.3 is 0 Å². The average Bonchev–Trinajstić information content (AvgIpc) is 2.17. The van der Waals surface area contributed by atoms with Crippen LogP contribution >= 0.6 is 23.2 Å². The van der Waals surface area contributed by atoms with Gasteiger partial charge in [0, 0.05) is 16.9 Å². The summed E-state index contributed by atoms with van der Waals surface area (Å²) in [5.74, 6) is 0.421. The number of nitrogens with one attached hydrogen (secondary N) is 1. The van der Waals surface area contributed by atoms with Crippen molar-refractivity contribution < 1.29 is 8.42 Å². The van der Waals surface area contributed by atoms with Crippen LogP contribution in [0, 0.1) is 0 Å². The molecule has 0 fully saturated rings. The first kappa shape index (κ1) is 13.8. The highest BCUT2D eigenvalue weighted by Gasteiger charge is 2.16. The Bertz CT molecular complexity index is 431. The van der Waals surface area contributed by atoms with E-state index < -0.39 is 10.0 Å². The summed E-state index contributed by atoms with van der Waals surface area (Å²) in [6.45, 7) is 1.77. The lowest BCUT2D eigenvalue weighted by Gasteiger charge is -2.12. The van der Waals surface area contributed by atoms with Crippen LogP contribution in [0.5, 0.6) is 0 Å². The summed E-state index contributed by atoms with van der Waals surface area (Å²) >= 11 is 11.2. The van der Waals surface area contributed by atoms with Crippen molar-refractivity contribution >= 4 is 33.2 Å². The fourth-order valence-corrected chi connectivity index (χ4v) is 2.90. The van der Waals surface area contributed by atoms with Crippen molar-refractivity contribution in [2.45, 2.75) is 24.3 Å². The monoisotopic (exact) mass is 281 g/mol. The molecule has 1 rings (SSSR count). The summed E-state index contributed by atoms with van der Waals surface area (Å²) in [6, 6.07) is 5.85. The molecule has 1 aromatic rings. The highest BCUT2D eigenvalue weighted by Crippen LogP contribution is 2.14. The lowest BCUT2D eigenvalue weighted by molar-refractivity contribution is 0.556. The maximum absolute atomic E-state index is 11.8. The Balaban J connectivity index is 2.82. The van der Waals surface area contributed by atoms with E-state index in [0.717, 1.165) is 0 Å². The molecule has 0 amide bonds. The third kappa shape index (κ3) is 3.94. The average molecular weight is 282 g/mol. The van der Waals surface area contributed by atoms with Gasteiger partial charge >= 0.3 is 0 Å². The molecule has 0 bridgehead atoms. The van der Waals surface area contributed by atoms with Crippen molar-refractivity contribution in [3.05, 3.63) is 29.3 Å². The molecule has 0 aromatic heterocycles. The second-order valence-corrected chi connectivity index (χ2v) is 5.98. The van der Waals surface area contributed by atoms with E-state index in [1.54, 1.807) is 19.1 Å². The van der Waals surface area contributed by atoms with Gasteiger partial charge in [-0.2, -0.15) is 0 Å². The Morgan fingerprint density at radius 2 is 1.88 bits per heavy atom. The van der Waals surface area contributed by atoms with Crippen molar-refractivity contribution in [2.75, 3.05) is 5.88 Å². The van der Waals surface area contributed by atoms with E-state index in [0.29, 0.717) is 17.3 Å². The summed E-state index contributed by atoms with van der Waals surface area (Å²) in [5.41, 5.74) is 0. The molecule has 1 atom stereocenters. The largest absolute Gasteiger partial charge is 0.240 e. The Labute approximate surface area is 106 Å². The van der Waals surface area contributed by atoms with Crippen molar-refractivity contribution in [3.63, 3.8) is 0 Å². The number of alkyl halides is 1. The molecule has 0 aliphatic heterocycles. The van der Waals surface area contributed by atoms with E-state index in [9.17, 15) is 8.42 Å². The molecule has 0 spiro atoms. The summed E-state index contributed by atoms with van der Waals surface area (Å²) in [5, 5.41) is 0.507. The van der Waals surface area contributed by atoms with Crippen LogP contribution in [0.1, 0.15) is 13.3 Å². The second kappa shape index (κ2) is 5.87. The highest BCUT2D eigenvalue weighted by molar-refractivity contribution is 7.89. The fraction of sp³-hybridized carbons (Fsp3) is 0.400. The van der Waals surface area contributed by atoms with Crippen LogP contribution in [0.15, 0.2) is 29.2 Å². The Kier molecular flexibility index (Phi) is 5.05. The van der Waals surface area contributed by atoms with Crippen molar-refractivity contribution in [1.82, 2.24) is 4.72 Å². The van der Waals surface area contributed by atoms with Crippen molar-refractivity contribution in [2.24, 2.45) is 0 Å². The topological polar surface area (TPSA) is 46.2 Å². The SMILES string of the molecule is CC(CCCl)NS(=O)(=O)c1ccc(Cl)cc1. The zero-order valence-electron chi connectivity index (χ0n) is 8.78. The van der Waals surface area contributed by atoms with Gasteiger partial charge in [0.05, 0.1) is 4.90 Å². The zero-order chi connectivity index (χ0) is 12.2. The van der Waals surface area contributed by atoms with E-state index in [4.69, 9.17) is 23.2 Å². The first-order valence-corrected chi connectivity index (χ1v) is 7.19. The Hall–Kier alpha value is -0.290. The molecular weight excluding hydrogens is 269 g/mol. The predicted octanol–water partition coefficient (Wildman–Crippen LogP) is 2.64. The first-order chi connectivity index (χ1) is 7.45. The number of sulfonamides is 1. The predicted molar refractivity (Wildman–Crippen MR) is 66.6 cm³/mol. The van der Waals surface area contributed by atoms with Gasteiger partial charge in [-0.15, -0.1) is 11.6 Å².